The first-order valence-electron chi connectivity index (χ1n) is 16.4. The number of likely N-dealkylation sites (tertiary alicyclic amines) is 2. The van der Waals surface area contributed by atoms with Gasteiger partial charge in [0.05, 0.1) is 0 Å². The van der Waals surface area contributed by atoms with Crippen molar-refractivity contribution in [2.45, 2.75) is 73.6 Å². The lowest BCUT2D eigenvalue weighted by molar-refractivity contribution is 0.181. The lowest BCUT2D eigenvalue weighted by atomic mass is 10.00. The number of piperazine rings is 1. The van der Waals surface area contributed by atoms with Crippen molar-refractivity contribution in [3.8, 4) is 0 Å². The fourth-order valence-electron chi connectivity index (χ4n) is 4.93. The van der Waals surface area contributed by atoms with Gasteiger partial charge < -0.3 is 29.4 Å². The van der Waals surface area contributed by atoms with Crippen molar-refractivity contribution >= 4 is 0 Å². The van der Waals surface area contributed by atoms with Crippen molar-refractivity contribution in [1.29, 1.82) is 0 Å². The van der Waals surface area contributed by atoms with Gasteiger partial charge >= 0.3 is 0 Å². The Morgan fingerprint density at radius 3 is 0.902 bits per heavy atom. The van der Waals surface area contributed by atoms with Crippen molar-refractivity contribution in [3.63, 3.8) is 0 Å². The smallest absolute Gasteiger partial charge is 0.0162 e. The van der Waals surface area contributed by atoms with Gasteiger partial charge in [-0.25, -0.2) is 0 Å². The summed E-state index contributed by atoms with van der Waals surface area (Å²) < 4.78 is 0. The molecule has 0 amide bonds. The van der Waals surface area contributed by atoms with Gasteiger partial charge in [0, 0.05) is 52.4 Å². The van der Waals surface area contributed by atoms with E-state index in [1.165, 1.54) is 104 Å². The second-order valence-electron chi connectivity index (χ2n) is 13.7. The molecule has 0 bridgehead atoms. The maximum atomic E-state index is 2.40. The van der Waals surface area contributed by atoms with Crippen LogP contribution in [0.15, 0.2) is 23.3 Å². The van der Waals surface area contributed by atoms with Crippen LogP contribution in [-0.2, 0) is 0 Å². The van der Waals surface area contributed by atoms with Crippen LogP contribution < -0.4 is 0 Å². The molecule has 0 saturated carbocycles. The molecule has 6 nitrogen and oxygen atoms in total. The maximum absolute atomic E-state index is 2.40. The van der Waals surface area contributed by atoms with Gasteiger partial charge in [-0.3, -0.25) is 0 Å². The zero-order valence-corrected chi connectivity index (χ0v) is 28.7. The molecule has 0 aliphatic carbocycles. The van der Waals surface area contributed by atoms with E-state index in [-0.39, 0.29) is 7.43 Å². The molecule has 5 aliphatic heterocycles. The third-order valence-corrected chi connectivity index (χ3v) is 9.02. The Morgan fingerprint density at radius 2 is 0.707 bits per heavy atom. The highest BCUT2D eigenvalue weighted by atomic mass is 15.2. The highest BCUT2D eigenvalue weighted by molar-refractivity contribution is 5.03. The molecule has 5 aliphatic rings. The molecule has 0 unspecified atom stereocenters. The summed E-state index contributed by atoms with van der Waals surface area (Å²) in [4.78, 5) is 14.2. The van der Waals surface area contributed by atoms with Crippen LogP contribution >= 0.6 is 0 Å². The summed E-state index contributed by atoms with van der Waals surface area (Å²) in [6.07, 6.45) is 12.7. The molecule has 0 radical (unpaired) electrons. The van der Waals surface area contributed by atoms with Gasteiger partial charge in [-0.2, -0.15) is 0 Å². The van der Waals surface area contributed by atoms with Crippen molar-refractivity contribution < 1.29 is 0 Å². The Bertz CT molecular complexity index is 563. The third kappa shape index (κ3) is 22.4. The van der Waals surface area contributed by atoms with Crippen LogP contribution in [0.4, 0.5) is 0 Å². The van der Waals surface area contributed by atoms with Crippen LogP contribution in [0.25, 0.3) is 0 Å². The second kappa shape index (κ2) is 23.7. The van der Waals surface area contributed by atoms with E-state index in [9.17, 15) is 0 Å². The quantitative estimate of drug-likeness (QED) is 0.340. The van der Waals surface area contributed by atoms with E-state index in [0.29, 0.717) is 0 Å². The minimum Gasteiger partial charge on any atom is -0.306 e. The molecule has 3 fully saturated rings. The van der Waals surface area contributed by atoms with Gasteiger partial charge in [-0.1, -0.05) is 44.6 Å². The predicted octanol–water partition coefficient (Wildman–Crippen LogP) is 5.73. The van der Waals surface area contributed by atoms with Gasteiger partial charge in [0.15, 0.2) is 0 Å². The van der Waals surface area contributed by atoms with Crippen molar-refractivity contribution in [1.82, 2.24) is 29.4 Å². The molecule has 0 atom stereocenters. The highest BCUT2D eigenvalue weighted by Gasteiger charge is 2.11. The largest absolute Gasteiger partial charge is 0.306 e. The van der Waals surface area contributed by atoms with Crippen LogP contribution in [0.2, 0.25) is 0 Å². The molecule has 6 heteroatoms. The normalized spacial score (nSPS) is 24.3. The van der Waals surface area contributed by atoms with Crippen LogP contribution in [0.3, 0.4) is 0 Å². The molecule has 3 saturated heterocycles. The minimum absolute atomic E-state index is 0. The van der Waals surface area contributed by atoms with Gasteiger partial charge in [0.25, 0.3) is 0 Å². The zero-order chi connectivity index (χ0) is 29.9. The first kappa shape index (κ1) is 40.2. The lowest BCUT2D eigenvalue weighted by Crippen LogP contribution is -2.42. The van der Waals surface area contributed by atoms with Crippen molar-refractivity contribution in [2.24, 2.45) is 11.8 Å². The van der Waals surface area contributed by atoms with E-state index in [4.69, 9.17) is 0 Å². The lowest BCUT2D eigenvalue weighted by Gasteiger charge is -2.28. The Hall–Kier alpha value is -0.760. The summed E-state index contributed by atoms with van der Waals surface area (Å²) in [5.41, 5.74) is 3.09. The summed E-state index contributed by atoms with van der Waals surface area (Å²) in [7, 11) is 13.1. The fourth-order valence-corrected chi connectivity index (χ4v) is 4.93. The SMILES string of the molecule is C.CC1=CCN(C)CC1.CC1=CCN(C)CC1.CC1CCN(C)CC1.CC1CCN(C)CC1.CN1CCN(C)CC1. The number of rotatable bonds is 0. The fraction of sp³-hybridized carbons (Fsp3) is 0.886. The standard InChI is InChI=1S/2C7H15N.2C7H13N.C6H14N2.CH4/c5*1-7-3-5-8(2)6-4-7;/h2*7H,3-6H2,1-2H3;2*3H,4-6H2,1-2H3;3-6H2,1-2H3;1H4. The molecule has 41 heavy (non-hydrogen) atoms. The molecule has 0 spiro atoms. The van der Waals surface area contributed by atoms with Gasteiger partial charge in [0.2, 0.25) is 0 Å². The van der Waals surface area contributed by atoms with Crippen molar-refractivity contribution in [2.75, 3.05) is 121 Å². The summed E-state index contributed by atoms with van der Waals surface area (Å²) in [5, 5.41) is 0. The Morgan fingerprint density at radius 1 is 0.439 bits per heavy atom. The minimum atomic E-state index is 0. The first-order valence-corrected chi connectivity index (χ1v) is 16.4. The van der Waals surface area contributed by atoms with Gasteiger partial charge in [-0.15, -0.1) is 0 Å². The molecule has 244 valence electrons. The van der Waals surface area contributed by atoms with Gasteiger partial charge in [-0.05, 0) is 133 Å². The highest BCUT2D eigenvalue weighted by Crippen LogP contribution is 2.14. The van der Waals surface area contributed by atoms with Crippen molar-refractivity contribution in [3.05, 3.63) is 23.3 Å². The Balaban J connectivity index is 0.000000485. The Labute approximate surface area is 258 Å². The molecule has 5 rings (SSSR count). The molecular weight excluding hydrogens is 504 g/mol. The second-order valence-corrected chi connectivity index (χ2v) is 13.7. The Kier molecular flexibility index (Phi) is 23.2. The number of piperidine rings is 2. The van der Waals surface area contributed by atoms with E-state index >= 15 is 0 Å². The topological polar surface area (TPSA) is 19.4 Å². The summed E-state index contributed by atoms with van der Waals surface area (Å²) >= 11 is 0. The number of hydrogen-bond donors (Lipinski definition) is 0. The zero-order valence-electron chi connectivity index (χ0n) is 28.7. The molecule has 0 aromatic heterocycles. The van der Waals surface area contributed by atoms with Gasteiger partial charge in [0.1, 0.15) is 0 Å². The summed E-state index contributed by atoms with van der Waals surface area (Å²) in [5.74, 6) is 1.96. The van der Waals surface area contributed by atoms with E-state index in [2.05, 4.69) is 112 Å². The third-order valence-electron chi connectivity index (χ3n) is 9.02. The number of hydrogen-bond acceptors (Lipinski definition) is 6. The monoisotopic (exact) mass is 579 g/mol. The maximum Gasteiger partial charge on any atom is 0.0162 e. The van der Waals surface area contributed by atoms with Crippen LogP contribution in [0.5, 0.6) is 0 Å². The van der Waals surface area contributed by atoms with E-state index in [0.717, 1.165) is 24.9 Å². The van der Waals surface area contributed by atoms with Crippen LogP contribution in [0.1, 0.15) is 73.6 Å². The molecule has 5 heterocycles. The van der Waals surface area contributed by atoms with E-state index in [1.54, 1.807) is 11.1 Å². The summed E-state index contributed by atoms with van der Waals surface area (Å²) in [6.45, 7) is 24.0. The number of likely N-dealkylation sites (N-methyl/N-ethyl adjacent to an activating group) is 4. The van der Waals surface area contributed by atoms with E-state index in [1.807, 2.05) is 0 Å². The average Bonchev–Trinajstić information content (AvgIpc) is 2.94. The molecule has 0 N–H and O–H groups in total. The predicted molar refractivity (Wildman–Crippen MR) is 185 cm³/mol. The van der Waals surface area contributed by atoms with E-state index < -0.39 is 0 Å². The molecular formula is C35H74N6. The first-order chi connectivity index (χ1) is 18.9. The van der Waals surface area contributed by atoms with Crippen LogP contribution in [0, 0.1) is 11.8 Å². The average molecular weight is 579 g/mol. The molecule has 0 aromatic carbocycles. The molecule has 0 aromatic rings. The van der Waals surface area contributed by atoms with Crippen LogP contribution in [-0.4, -0.2) is 150 Å². The number of nitrogens with zero attached hydrogens (tertiary/aromatic N) is 6. The summed E-state index contributed by atoms with van der Waals surface area (Å²) in [6, 6.07) is 0.